The van der Waals surface area contributed by atoms with E-state index in [-0.39, 0.29) is 11.9 Å². The summed E-state index contributed by atoms with van der Waals surface area (Å²) in [5, 5.41) is 3.77. The van der Waals surface area contributed by atoms with Gasteiger partial charge in [-0.25, -0.2) is 0 Å². The highest BCUT2D eigenvalue weighted by atomic mass is 79.9. The lowest BCUT2D eigenvalue weighted by molar-refractivity contribution is 0.0940. The molecule has 1 aromatic carbocycles. The quantitative estimate of drug-likeness (QED) is 0.877. The van der Waals surface area contributed by atoms with Gasteiger partial charge in [0.05, 0.1) is 6.04 Å². The third kappa shape index (κ3) is 3.64. The number of benzene rings is 1. The van der Waals surface area contributed by atoms with Crippen molar-refractivity contribution in [3.05, 3.63) is 65.5 Å². The molecule has 1 aromatic heterocycles. The normalized spacial score (nSPS) is 11.9. The van der Waals surface area contributed by atoms with E-state index in [0.29, 0.717) is 5.56 Å². The van der Waals surface area contributed by atoms with E-state index in [0.717, 1.165) is 16.5 Å². The first-order valence-corrected chi connectivity index (χ1v) is 7.18. The minimum atomic E-state index is -0.0644. The summed E-state index contributed by atoms with van der Waals surface area (Å²) >= 11 is 3.38. The van der Waals surface area contributed by atoms with E-state index in [1.54, 1.807) is 12.4 Å². The maximum absolute atomic E-state index is 12.1. The number of nitrogens with zero attached hydrogens (tertiary/aromatic N) is 1. The Morgan fingerprint density at radius 3 is 2.42 bits per heavy atom. The fraction of sp³-hybridized carbons (Fsp3) is 0.200. The molecule has 0 bridgehead atoms. The van der Waals surface area contributed by atoms with E-state index in [2.05, 4.69) is 26.2 Å². The fourth-order valence-corrected chi connectivity index (χ4v) is 2.13. The molecular formula is C15H15BrN2O. The van der Waals surface area contributed by atoms with Crippen molar-refractivity contribution in [3.8, 4) is 0 Å². The summed E-state index contributed by atoms with van der Waals surface area (Å²) in [6, 6.07) is 11.3. The maximum Gasteiger partial charge on any atom is 0.251 e. The van der Waals surface area contributed by atoms with Crippen LogP contribution in [0.25, 0.3) is 0 Å². The third-order valence-electron chi connectivity index (χ3n) is 2.92. The van der Waals surface area contributed by atoms with Crippen LogP contribution in [0.4, 0.5) is 0 Å². The number of hydrogen-bond acceptors (Lipinski definition) is 2. The molecule has 1 amide bonds. The molecule has 0 aliphatic rings. The Hall–Kier alpha value is -1.68. The first-order chi connectivity index (χ1) is 9.20. The van der Waals surface area contributed by atoms with E-state index in [1.165, 1.54) is 0 Å². The topological polar surface area (TPSA) is 42.0 Å². The van der Waals surface area contributed by atoms with E-state index in [1.807, 2.05) is 43.3 Å². The van der Waals surface area contributed by atoms with Gasteiger partial charge in [-0.05, 0) is 42.3 Å². The van der Waals surface area contributed by atoms with Crippen molar-refractivity contribution in [2.45, 2.75) is 18.3 Å². The first kappa shape index (κ1) is 13.7. The van der Waals surface area contributed by atoms with E-state index in [4.69, 9.17) is 0 Å². The van der Waals surface area contributed by atoms with Gasteiger partial charge < -0.3 is 5.32 Å². The van der Waals surface area contributed by atoms with Crippen LogP contribution in [-0.4, -0.2) is 10.9 Å². The summed E-state index contributed by atoms with van der Waals surface area (Å²) in [7, 11) is 0. The average Bonchev–Trinajstić information content (AvgIpc) is 2.48. The Morgan fingerprint density at radius 1 is 1.21 bits per heavy atom. The number of hydrogen-bond donors (Lipinski definition) is 1. The van der Waals surface area contributed by atoms with Crippen molar-refractivity contribution in [1.82, 2.24) is 10.3 Å². The van der Waals surface area contributed by atoms with Crippen LogP contribution >= 0.6 is 15.9 Å². The molecule has 0 spiro atoms. The molecule has 1 heterocycles. The summed E-state index contributed by atoms with van der Waals surface area (Å²) in [5.41, 5.74) is 2.87. The molecule has 1 N–H and O–H groups in total. The molecule has 0 saturated carbocycles. The molecule has 2 aromatic rings. The second-order valence-electron chi connectivity index (χ2n) is 4.31. The number of carbonyl (C=O) groups is 1. The van der Waals surface area contributed by atoms with Gasteiger partial charge in [-0.2, -0.15) is 0 Å². The average molecular weight is 319 g/mol. The molecule has 1 unspecified atom stereocenters. The smallest absolute Gasteiger partial charge is 0.251 e. The van der Waals surface area contributed by atoms with Gasteiger partial charge >= 0.3 is 0 Å². The van der Waals surface area contributed by atoms with Crippen LogP contribution in [0, 0.1) is 0 Å². The molecule has 98 valence electrons. The van der Waals surface area contributed by atoms with Crippen LogP contribution in [0.15, 0.2) is 48.8 Å². The lowest BCUT2D eigenvalue weighted by Gasteiger charge is -2.14. The minimum Gasteiger partial charge on any atom is -0.346 e. The van der Waals surface area contributed by atoms with Crippen molar-refractivity contribution in [1.29, 1.82) is 0 Å². The van der Waals surface area contributed by atoms with E-state index in [9.17, 15) is 4.79 Å². The Balaban J connectivity index is 2.04. The van der Waals surface area contributed by atoms with Crippen LogP contribution in [-0.2, 0) is 5.33 Å². The molecule has 0 saturated heterocycles. The summed E-state index contributed by atoms with van der Waals surface area (Å²) < 4.78 is 0. The van der Waals surface area contributed by atoms with Crippen LogP contribution in [0.5, 0.6) is 0 Å². The number of rotatable bonds is 4. The number of nitrogens with one attached hydrogen (secondary N) is 1. The van der Waals surface area contributed by atoms with Gasteiger partial charge in [0.25, 0.3) is 5.91 Å². The number of halogens is 1. The number of carbonyl (C=O) groups excluding carboxylic acids is 1. The molecule has 19 heavy (non-hydrogen) atoms. The Labute approximate surface area is 121 Å². The predicted octanol–water partition coefficient (Wildman–Crippen LogP) is 3.47. The van der Waals surface area contributed by atoms with Gasteiger partial charge in [-0.15, -0.1) is 0 Å². The first-order valence-electron chi connectivity index (χ1n) is 6.06. The van der Waals surface area contributed by atoms with Crippen molar-refractivity contribution < 1.29 is 4.79 Å². The maximum atomic E-state index is 12.1. The summed E-state index contributed by atoms with van der Waals surface area (Å²) in [5.74, 6) is -0.0644. The van der Waals surface area contributed by atoms with Gasteiger partial charge in [0.2, 0.25) is 0 Å². The fourth-order valence-electron chi connectivity index (χ4n) is 1.76. The molecule has 2 rings (SSSR count). The minimum absolute atomic E-state index is 0.0358. The zero-order valence-corrected chi connectivity index (χ0v) is 12.2. The Kier molecular flexibility index (Phi) is 4.68. The van der Waals surface area contributed by atoms with Crippen LogP contribution in [0.1, 0.15) is 34.5 Å². The van der Waals surface area contributed by atoms with Gasteiger partial charge in [0.15, 0.2) is 0 Å². The predicted molar refractivity (Wildman–Crippen MR) is 79.2 cm³/mol. The van der Waals surface area contributed by atoms with Crippen molar-refractivity contribution >= 4 is 21.8 Å². The van der Waals surface area contributed by atoms with Crippen molar-refractivity contribution in [3.63, 3.8) is 0 Å². The molecule has 1 atom stereocenters. The molecule has 0 radical (unpaired) electrons. The Morgan fingerprint density at radius 2 is 1.84 bits per heavy atom. The molecular weight excluding hydrogens is 304 g/mol. The largest absolute Gasteiger partial charge is 0.346 e. The second kappa shape index (κ2) is 6.48. The van der Waals surface area contributed by atoms with Crippen molar-refractivity contribution in [2.24, 2.45) is 0 Å². The zero-order chi connectivity index (χ0) is 13.7. The molecule has 3 nitrogen and oxygen atoms in total. The van der Waals surface area contributed by atoms with E-state index < -0.39 is 0 Å². The number of amides is 1. The van der Waals surface area contributed by atoms with Gasteiger partial charge in [-0.1, -0.05) is 28.1 Å². The highest BCUT2D eigenvalue weighted by Crippen LogP contribution is 2.12. The highest BCUT2D eigenvalue weighted by Gasteiger charge is 2.10. The number of pyridine rings is 1. The SMILES string of the molecule is CC(NC(=O)c1ccc(CBr)cc1)c1ccncc1. The van der Waals surface area contributed by atoms with Gasteiger partial charge in [-0.3, -0.25) is 9.78 Å². The number of aromatic nitrogens is 1. The Bertz CT molecular complexity index is 540. The monoisotopic (exact) mass is 318 g/mol. The van der Waals surface area contributed by atoms with Crippen LogP contribution in [0.2, 0.25) is 0 Å². The lowest BCUT2D eigenvalue weighted by Crippen LogP contribution is -2.26. The molecule has 0 fully saturated rings. The second-order valence-corrected chi connectivity index (χ2v) is 4.87. The van der Waals surface area contributed by atoms with Crippen molar-refractivity contribution in [2.75, 3.05) is 0 Å². The van der Waals surface area contributed by atoms with Crippen LogP contribution < -0.4 is 5.32 Å². The van der Waals surface area contributed by atoms with Gasteiger partial charge in [0.1, 0.15) is 0 Å². The highest BCUT2D eigenvalue weighted by molar-refractivity contribution is 9.08. The summed E-state index contributed by atoms with van der Waals surface area (Å²) in [6.45, 7) is 1.96. The lowest BCUT2D eigenvalue weighted by atomic mass is 10.1. The van der Waals surface area contributed by atoms with Gasteiger partial charge in [0, 0.05) is 23.3 Å². The summed E-state index contributed by atoms with van der Waals surface area (Å²) in [6.07, 6.45) is 3.45. The van der Waals surface area contributed by atoms with Crippen LogP contribution in [0.3, 0.4) is 0 Å². The zero-order valence-electron chi connectivity index (χ0n) is 10.6. The van der Waals surface area contributed by atoms with E-state index >= 15 is 0 Å². The summed E-state index contributed by atoms with van der Waals surface area (Å²) in [4.78, 5) is 16.1. The third-order valence-corrected chi connectivity index (χ3v) is 3.57. The number of alkyl halides is 1. The molecule has 0 aliphatic carbocycles. The molecule has 4 heteroatoms. The standard InChI is InChI=1S/C15H15BrN2O/c1-11(13-6-8-17-9-7-13)18-15(19)14-4-2-12(10-16)3-5-14/h2-9,11H,10H2,1H3,(H,18,19). The molecule has 0 aliphatic heterocycles.